The van der Waals surface area contributed by atoms with Crippen molar-refractivity contribution in [2.45, 2.75) is 13.5 Å². The molecule has 0 aliphatic rings. The van der Waals surface area contributed by atoms with Crippen LogP contribution in [0, 0.1) is 6.92 Å². The van der Waals surface area contributed by atoms with Crippen molar-refractivity contribution >= 4 is 0 Å². The van der Waals surface area contributed by atoms with Crippen molar-refractivity contribution in [1.29, 1.82) is 0 Å². The molecule has 90 valence electrons. The highest BCUT2D eigenvalue weighted by molar-refractivity contribution is 5.69. The summed E-state index contributed by atoms with van der Waals surface area (Å²) < 4.78 is 5.35. The lowest BCUT2D eigenvalue weighted by Gasteiger charge is -2.06. The number of hydrogen-bond donors (Lipinski definition) is 2. The van der Waals surface area contributed by atoms with Crippen LogP contribution in [0.15, 0.2) is 24.3 Å². The van der Waals surface area contributed by atoms with Gasteiger partial charge in [0, 0.05) is 11.3 Å². The Kier molecular flexibility index (Phi) is 3.44. The smallest absolute Gasteiger partial charge is 0.128 e. The maximum atomic E-state index is 5.35. The van der Waals surface area contributed by atoms with Crippen molar-refractivity contribution < 1.29 is 4.74 Å². The molecule has 0 fully saturated rings. The normalized spacial score (nSPS) is 10.5. The highest BCUT2D eigenvalue weighted by Gasteiger charge is 2.12. The quantitative estimate of drug-likeness (QED) is 0.847. The second-order valence-corrected chi connectivity index (χ2v) is 3.89. The fraction of sp³-hybridized carbons (Fsp3) is 0.308. The van der Waals surface area contributed by atoms with Crippen LogP contribution in [0.5, 0.6) is 5.75 Å². The zero-order valence-corrected chi connectivity index (χ0v) is 10.4. The Hall–Kier alpha value is -1.81. The van der Waals surface area contributed by atoms with Gasteiger partial charge in [0.05, 0.1) is 19.3 Å². The van der Waals surface area contributed by atoms with Crippen LogP contribution in [0.4, 0.5) is 0 Å². The predicted molar refractivity (Wildman–Crippen MR) is 68.1 cm³/mol. The number of aromatic amines is 1. The molecule has 4 nitrogen and oxygen atoms in total. The Morgan fingerprint density at radius 2 is 2.12 bits per heavy atom. The number of imidazole rings is 1. The third-order valence-corrected chi connectivity index (χ3v) is 2.64. The van der Waals surface area contributed by atoms with Crippen molar-refractivity contribution in [3.63, 3.8) is 0 Å². The molecular formula is C13H17N3O. The summed E-state index contributed by atoms with van der Waals surface area (Å²) in [6.45, 7) is 2.75. The van der Waals surface area contributed by atoms with Crippen LogP contribution in [0.25, 0.3) is 11.3 Å². The first-order valence-corrected chi connectivity index (χ1v) is 5.59. The van der Waals surface area contributed by atoms with Crippen LogP contribution < -0.4 is 10.1 Å². The van der Waals surface area contributed by atoms with Gasteiger partial charge in [-0.25, -0.2) is 4.98 Å². The summed E-state index contributed by atoms with van der Waals surface area (Å²) >= 11 is 0. The predicted octanol–water partition coefficient (Wildman–Crippen LogP) is 2.11. The molecule has 17 heavy (non-hydrogen) atoms. The van der Waals surface area contributed by atoms with Crippen LogP contribution >= 0.6 is 0 Å². The second-order valence-electron chi connectivity index (χ2n) is 3.89. The van der Waals surface area contributed by atoms with Crippen molar-refractivity contribution in [1.82, 2.24) is 15.3 Å². The lowest BCUT2D eigenvalue weighted by atomic mass is 10.1. The van der Waals surface area contributed by atoms with Gasteiger partial charge in [-0.15, -0.1) is 0 Å². The minimum atomic E-state index is 0.732. The third kappa shape index (κ3) is 2.31. The van der Waals surface area contributed by atoms with E-state index in [-0.39, 0.29) is 0 Å². The Labute approximate surface area is 101 Å². The molecule has 2 rings (SSSR count). The number of ether oxygens (including phenoxy) is 1. The van der Waals surface area contributed by atoms with Gasteiger partial charge in [0.2, 0.25) is 0 Å². The number of benzene rings is 1. The topological polar surface area (TPSA) is 49.9 Å². The van der Waals surface area contributed by atoms with Crippen LogP contribution in [-0.4, -0.2) is 24.1 Å². The van der Waals surface area contributed by atoms with Crippen LogP contribution in [0.3, 0.4) is 0 Å². The standard InChI is InChI=1S/C13H17N3O/c1-9-13(16-12(15-9)8-14-2)10-6-4-5-7-11(10)17-3/h4-7,14H,8H2,1-3H3,(H,15,16). The number of aryl methyl sites for hydroxylation is 1. The first kappa shape index (κ1) is 11.7. The van der Waals surface area contributed by atoms with Crippen molar-refractivity contribution in [2.24, 2.45) is 0 Å². The number of aromatic nitrogens is 2. The summed E-state index contributed by atoms with van der Waals surface area (Å²) in [5.41, 5.74) is 3.03. The van der Waals surface area contributed by atoms with Gasteiger partial charge < -0.3 is 15.0 Å². The van der Waals surface area contributed by atoms with Gasteiger partial charge in [-0.2, -0.15) is 0 Å². The Morgan fingerprint density at radius 3 is 2.82 bits per heavy atom. The largest absolute Gasteiger partial charge is 0.496 e. The zero-order chi connectivity index (χ0) is 12.3. The number of methoxy groups -OCH3 is 1. The molecule has 1 heterocycles. The summed E-state index contributed by atoms with van der Waals surface area (Å²) in [6.07, 6.45) is 0. The lowest BCUT2D eigenvalue weighted by molar-refractivity contribution is 0.416. The van der Waals surface area contributed by atoms with E-state index in [1.165, 1.54) is 0 Å². The van der Waals surface area contributed by atoms with Gasteiger partial charge in [0.25, 0.3) is 0 Å². The highest BCUT2D eigenvalue weighted by atomic mass is 16.5. The molecular weight excluding hydrogens is 214 g/mol. The average molecular weight is 231 g/mol. The molecule has 2 N–H and O–H groups in total. The number of H-pyrrole nitrogens is 1. The second kappa shape index (κ2) is 5.01. The molecule has 0 aliphatic carbocycles. The molecule has 0 spiro atoms. The summed E-state index contributed by atoms with van der Waals surface area (Å²) in [4.78, 5) is 7.85. The fourth-order valence-electron chi connectivity index (χ4n) is 1.88. The first-order valence-electron chi connectivity index (χ1n) is 5.59. The molecule has 0 unspecified atom stereocenters. The maximum Gasteiger partial charge on any atom is 0.128 e. The Bertz CT molecular complexity index is 505. The highest BCUT2D eigenvalue weighted by Crippen LogP contribution is 2.30. The van der Waals surface area contributed by atoms with Crippen molar-refractivity contribution in [2.75, 3.05) is 14.2 Å². The Balaban J connectivity index is 2.45. The van der Waals surface area contributed by atoms with Crippen LogP contribution in [0.1, 0.15) is 11.5 Å². The van der Waals surface area contributed by atoms with E-state index in [2.05, 4.69) is 15.3 Å². The number of hydrogen-bond acceptors (Lipinski definition) is 3. The number of nitrogens with zero attached hydrogens (tertiary/aromatic N) is 1. The molecule has 0 saturated carbocycles. The monoisotopic (exact) mass is 231 g/mol. The number of rotatable bonds is 4. The summed E-state index contributed by atoms with van der Waals surface area (Å²) in [5.74, 6) is 1.78. The van der Waals surface area contributed by atoms with E-state index in [4.69, 9.17) is 4.74 Å². The Morgan fingerprint density at radius 1 is 1.35 bits per heavy atom. The molecule has 0 atom stereocenters. The molecule has 0 aliphatic heterocycles. The summed E-state index contributed by atoms with van der Waals surface area (Å²) in [7, 11) is 3.58. The maximum absolute atomic E-state index is 5.35. The van der Waals surface area contributed by atoms with E-state index in [1.807, 2.05) is 38.2 Å². The van der Waals surface area contributed by atoms with Crippen LogP contribution in [-0.2, 0) is 6.54 Å². The molecule has 0 bridgehead atoms. The van der Waals surface area contributed by atoms with E-state index in [0.717, 1.165) is 35.1 Å². The van der Waals surface area contributed by atoms with E-state index in [1.54, 1.807) is 7.11 Å². The SMILES string of the molecule is CNCc1nc(-c2ccccc2OC)c(C)[nH]1. The molecule has 1 aromatic carbocycles. The van der Waals surface area contributed by atoms with Crippen molar-refractivity contribution in [3.05, 3.63) is 35.8 Å². The summed E-state index contributed by atoms with van der Waals surface area (Å²) in [5, 5.41) is 3.08. The third-order valence-electron chi connectivity index (χ3n) is 2.64. The van der Waals surface area contributed by atoms with Gasteiger partial charge in [0.15, 0.2) is 0 Å². The number of nitrogens with one attached hydrogen (secondary N) is 2. The van der Waals surface area contributed by atoms with E-state index >= 15 is 0 Å². The van der Waals surface area contributed by atoms with Crippen molar-refractivity contribution in [3.8, 4) is 17.0 Å². The molecule has 0 amide bonds. The molecule has 0 saturated heterocycles. The van der Waals surface area contributed by atoms with Gasteiger partial charge in [0.1, 0.15) is 11.6 Å². The zero-order valence-electron chi connectivity index (χ0n) is 10.4. The first-order chi connectivity index (χ1) is 8.26. The fourth-order valence-corrected chi connectivity index (χ4v) is 1.88. The molecule has 4 heteroatoms. The van der Waals surface area contributed by atoms with E-state index < -0.39 is 0 Å². The van der Waals surface area contributed by atoms with Gasteiger partial charge in [-0.3, -0.25) is 0 Å². The van der Waals surface area contributed by atoms with Gasteiger partial charge in [-0.1, -0.05) is 12.1 Å². The molecule has 1 aromatic heterocycles. The van der Waals surface area contributed by atoms with E-state index in [9.17, 15) is 0 Å². The molecule has 2 aromatic rings. The van der Waals surface area contributed by atoms with Gasteiger partial charge in [-0.05, 0) is 26.1 Å². The lowest BCUT2D eigenvalue weighted by Crippen LogP contribution is -2.06. The average Bonchev–Trinajstić information content (AvgIpc) is 2.70. The number of para-hydroxylation sites is 1. The van der Waals surface area contributed by atoms with Gasteiger partial charge >= 0.3 is 0 Å². The van der Waals surface area contributed by atoms with Crippen LogP contribution in [0.2, 0.25) is 0 Å². The minimum absolute atomic E-state index is 0.732. The minimum Gasteiger partial charge on any atom is -0.496 e. The summed E-state index contributed by atoms with van der Waals surface area (Å²) in [6, 6.07) is 7.91. The van der Waals surface area contributed by atoms with E-state index in [0.29, 0.717) is 0 Å². The molecule has 0 radical (unpaired) electrons.